The normalized spacial score (nSPS) is 14.3. The number of hydrogen-bond acceptors (Lipinski definition) is 3. The van der Waals surface area contributed by atoms with Crippen LogP contribution >= 0.6 is 23.7 Å². The Hall–Kier alpha value is -1.07. The minimum Gasteiger partial charge on any atom is -0.365 e. The van der Waals surface area contributed by atoms with Gasteiger partial charge in [0.1, 0.15) is 5.82 Å². The molecule has 3 nitrogen and oxygen atoms in total. The van der Waals surface area contributed by atoms with E-state index >= 15 is 0 Å². The van der Waals surface area contributed by atoms with E-state index in [-0.39, 0.29) is 17.5 Å². The number of anilines is 1. The summed E-state index contributed by atoms with van der Waals surface area (Å²) in [6.07, 6.45) is 2.51. The zero-order chi connectivity index (χ0) is 11.8. The number of nitrogens with zero attached hydrogens (tertiary/aromatic N) is 2. The first-order valence-electron chi connectivity index (χ1n) is 5.74. The number of nitrogens with one attached hydrogen (secondary N) is 1. The first-order chi connectivity index (χ1) is 8.22. The Bertz CT molecular complexity index is 533. The van der Waals surface area contributed by atoms with Crippen LogP contribution in [0.4, 0.5) is 10.2 Å². The average Bonchev–Trinajstić information content (AvgIpc) is 2.97. The lowest BCUT2D eigenvalue weighted by Crippen LogP contribution is -2.03. The van der Waals surface area contributed by atoms with Crippen LogP contribution in [0.15, 0.2) is 18.2 Å². The fraction of sp³-hybridized carbons (Fsp3) is 0.417. The Kier molecular flexibility index (Phi) is 3.92. The van der Waals surface area contributed by atoms with Crippen molar-refractivity contribution in [3.8, 4) is 0 Å². The van der Waals surface area contributed by atoms with Gasteiger partial charge in [-0.15, -0.1) is 23.7 Å². The Labute approximate surface area is 115 Å². The molecule has 0 atom stereocenters. The Morgan fingerprint density at radius 1 is 1.50 bits per heavy atom. The van der Waals surface area contributed by atoms with Crippen molar-refractivity contribution < 1.29 is 4.39 Å². The zero-order valence-corrected chi connectivity index (χ0v) is 11.7. The van der Waals surface area contributed by atoms with Crippen LogP contribution < -0.4 is 5.32 Å². The summed E-state index contributed by atoms with van der Waals surface area (Å²) in [6.45, 7) is 0.651. The van der Waals surface area contributed by atoms with Crippen LogP contribution in [0.1, 0.15) is 29.3 Å². The summed E-state index contributed by atoms with van der Waals surface area (Å²) in [7, 11) is 1.93. The molecule has 1 N–H and O–H groups in total. The summed E-state index contributed by atoms with van der Waals surface area (Å²) in [5, 5.41) is 7.63. The van der Waals surface area contributed by atoms with E-state index in [4.69, 9.17) is 0 Å². The molecular weight excluding hydrogens is 273 g/mol. The largest absolute Gasteiger partial charge is 0.365 e. The fourth-order valence-corrected chi connectivity index (χ4v) is 2.52. The summed E-state index contributed by atoms with van der Waals surface area (Å²) in [6, 6.07) is 5.41. The van der Waals surface area contributed by atoms with Crippen LogP contribution in [0, 0.1) is 5.13 Å². The average molecular weight is 288 g/mol. The van der Waals surface area contributed by atoms with Gasteiger partial charge in [0.25, 0.3) is 0 Å². The van der Waals surface area contributed by atoms with Gasteiger partial charge in [0.05, 0.1) is 12.2 Å². The molecule has 18 heavy (non-hydrogen) atoms. The Morgan fingerprint density at radius 2 is 2.28 bits per heavy atom. The first kappa shape index (κ1) is 13.4. The van der Waals surface area contributed by atoms with E-state index in [2.05, 4.69) is 16.5 Å². The number of halogens is 2. The topological polar surface area (TPSA) is 29.9 Å². The number of thiophene rings is 1. The molecule has 0 aliphatic heterocycles. The van der Waals surface area contributed by atoms with Gasteiger partial charge in [-0.2, -0.15) is 9.49 Å². The van der Waals surface area contributed by atoms with Gasteiger partial charge in [0.2, 0.25) is 0 Å². The van der Waals surface area contributed by atoms with Crippen LogP contribution in [-0.4, -0.2) is 9.78 Å². The van der Waals surface area contributed by atoms with Crippen molar-refractivity contribution in [1.82, 2.24) is 9.78 Å². The lowest BCUT2D eigenvalue weighted by Gasteiger charge is -2.03. The lowest BCUT2D eigenvalue weighted by atomic mass is 10.3. The minimum atomic E-state index is -0.134. The number of rotatable bonds is 4. The molecule has 1 aliphatic rings. The second kappa shape index (κ2) is 5.28. The highest BCUT2D eigenvalue weighted by Gasteiger charge is 2.26. The predicted molar refractivity (Wildman–Crippen MR) is 74.0 cm³/mol. The van der Waals surface area contributed by atoms with E-state index in [0.29, 0.717) is 12.5 Å². The molecule has 1 aliphatic carbocycles. The van der Waals surface area contributed by atoms with Gasteiger partial charge in [0.15, 0.2) is 5.13 Å². The highest BCUT2D eigenvalue weighted by Crippen LogP contribution is 2.39. The maximum absolute atomic E-state index is 12.8. The molecule has 0 amide bonds. The number of hydrogen-bond donors (Lipinski definition) is 1. The second-order valence-electron chi connectivity index (χ2n) is 4.41. The molecule has 0 aromatic carbocycles. The summed E-state index contributed by atoms with van der Waals surface area (Å²) in [5.41, 5.74) is 1.17. The van der Waals surface area contributed by atoms with Gasteiger partial charge in [0, 0.05) is 23.9 Å². The van der Waals surface area contributed by atoms with Crippen molar-refractivity contribution in [3.63, 3.8) is 0 Å². The van der Waals surface area contributed by atoms with Crippen molar-refractivity contribution in [3.05, 3.63) is 33.9 Å². The van der Waals surface area contributed by atoms with E-state index in [1.54, 1.807) is 0 Å². The maximum atomic E-state index is 12.8. The van der Waals surface area contributed by atoms with E-state index < -0.39 is 0 Å². The summed E-state index contributed by atoms with van der Waals surface area (Å²) in [4.78, 5) is 0.997. The molecule has 2 aromatic rings. The standard InChI is InChI=1S/C12H14FN3S.ClH/c1-16-12(6-10(15-16)8-2-3-8)14-7-9-4-5-11(13)17-9;/h4-6,8,14H,2-3,7H2,1H3;1H. The molecule has 0 unspecified atom stereocenters. The van der Waals surface area contributed by atoms with E-state index in [1.165, 1.54) is 35.9 Å². The first-order valence-corrected chi connectivity index (χ1v) is 6.56. The third-order valence-corrected chi connectivity index (χ3v) is 3.84. The molecule has 0 saturated heterocycles. The predicted octanol–water partition coefficient (Wildman–Crippen LogP) is 3.53. The molecule has 3 rings (SSSR count). The molecule has 0 radical (unpaired) electrons. The third kappa shape index (κ3) is 2.84. The molecule has 0 bridgehead atoms. The lowest BCUT2D eigenvalue weighted by molar-refractivity contribution is 0.657. The van der Waals surface area contributed by atoms with Crippen LogP contribution in [0.5, 0.6) is 0 Å². The molecule has 1 fully saturated rings. The maximum Gasteiger partial charge on any atom is 0.176 e. The minimum absolute atomic E-state index is 0. The second-order valence-corrected chi connectivity index (χ2v) is 5.53. The Morgan fingerprint density at radius 3 is 2.89 bits per heavy atom. The van der Waals surface area contributed by atoms with Gasteiger partial charge in [-0.05, 0) is 25.0 Å². The van der Waals surface area contributed by atoms with Crippen LogP contribution in [0.25, 0.3) is 0 Å². The smallest absolute Gasteiger partial charge is 0.176 e. The van der Waals surface area contributed by atoms with Crippen molar-refractivity contribution >= 4 is 29.6 Å². The summed E-state index contributed by atoms with van der Waals surface area (Å²) in [5.74, 6) is 1.66. The van der Waals surface area contributed by atoms with Gasteiger partial charge in [-0.1, -0.05) is 0 Å². The molecular formula is C12H15ClFN3S. The third-order valence-electron chi connectivity index (χ3n) is 2.97. The quantitative estimate of drug-likeness (QED) is 0.932. The molecule has 6 heteroatoms. The van der Waals surface area contributed by atoms with Crippen LogP contribution in [0.3, 0.4) is 0 Å². The molecule has 2 heterocycles. The molecule has 2 aromatic heterocycles. The van der Waals surface area contributed by atoms with Crippen molar-refractivity contribution in [2.24, 2.45) is 7.05 Å². The molecule has 98 valence electrons. The van der Waals surface area contributed by atoms with Gasteiger partial charge < -0.3 is 5.32 Å². The van der Waals surface area contributed by atoms with E-state index in [9.17, 15) is 4.39 Å². The van der Waals surface area contributed by atoms with Gasteiger partial charge in [-0.3, -0.25) is 4.68 Å². The van der Waals surface area contributed by atoms with E-state index in [1.807, 2.05) is 17.8 Å². The van der Waals surface area contributed by atoms with E-state index in [0.717, 1.165) is 10.7 Å². The van der Waals surface area contributed by atoms with Gasteiger partial charge >= 0.3 is 0 Å². The monoisotopic (exact) mass is 287 g/mol. The number of aryl methyl sites for hydroxylation is 1. The van der Waals surface area contributed by atoms with Crippen molar-refractivity contribution in [2.75, 3.05) is 5.32 Å². The van der Waals surface area contributed by atoms with Crippen LogP contribution in [0.2, 0.25) is 0 Å². The van der Waals surface area contributed by atoms with Gasteiger partial charge in [-0.25, -0.2) is 0 Å². The highest BCUT2D eigenvalue weighted by molar-refractivity contribution is 7.10. The summed E-state index contributed by atoms with van der Waals surface area (Å²) < 4.78 is 14.7. The molecule has 0 spiro atoms. The Balaban J connectivity index is 0.00000120. The number of aromatic nitrogens is 2. The zero-order valence-electron chi connectivity index (χ0n) is 10.0. The van der Waals surface area contributed by atoms with Crippen LogP contribution in [-0.2, 0) is 13.6 Å². The van der Waals surface area contributed by atoms with Crippen molar-refractivity contribution in [1.29, 1.82) is 0 Å². The summed E-state index contributed by atoms with van der Waals surface area (Å²) >= 11 is 1.18. The highest BCUT2D eigenvalue weighted by atomic mass is 35.5. The van der Waals surface area contributed by atoms with Crippen molar-refractivity contribution in [2.45, 2.75) is 25.3 Å². The SMILES string of the molecule is Cl.Cn1nc(C2CC2)cc1NCc1ccc(F)s1. The fourth-order valence-electron chi connectivity index (χ4n) is 1.86. The molecule has 1 saturated carbocycles.